The summed E-state index contributed by atoms with van der Waals surface area (Å²) in [5, 5.41) is 2.67. The van der Waals surface area contributed by atoms with Crippen molar-refractivity contribution in [1.82, 2.24) is 4.98 Å². The Kier molecular flexibility index (Phi) is 2.37. The molecule has 0 spiro atoms. The van der Waals surface area contributed by atoms with Crippen LogP contribution in [0.25, 0.3) is 11.3 Å². The highest BCUT2D eigenvalue weighted by molar-refractivity contribution is 5.59. The van der Waals surface area contributed by atoms with Crippen LogP contribution in [-0.2, 0) is 0 Å². The van der Waals surface area contributed by atoms with Gasteiger partial charge in [-0.3, -0.25) is 0 Å². The Balaban J connectivity index is 2.44. The fourth-order valence-corrected chi connectivity index (χ4v) is 1.21. The van der Waals surface area contributed by atoms with Gasteiger partial charge in [0.05, 0.1) is 0 Å². The molecular formula is C10H8F2N2O. The van der Waals surface area contributed by atoms with E-state index >= 15 is 0 Å². The predicted octanol–water partition coefficient (Wildman–Crippen LogP) is 2.66. The van der Waals surface area contributed by atoms with E-state index in [1.807, 2.05) is 0 Å². The second-order valence-corrected chi connectivity index (χ2v) is 2.91. The molecule has 0 saturated carbocycles. The molecule has 78 valence electrons. The van der Waals surface area contributed by atoms with E-state index in [4.69, 9.17) is 4.42 Å². The smallest absolute Gasteiger partial charge is 0.294 e. The molecule has 0 fully saturated rings. The van der Waals surface area contributed by atoms with Crippen LogP contribution < -0.4 is 5.32 Å². The molecule has 0 saturated heterocycles. The number of benzene rings is 1. The van der Waals surface area contributed by atoms with Gasteiger partial charge in [0, 0.05) is 18.7 Å². The number of nitrogens with one attached hydrogen (secondary N) is 1. The lowest BCUT2D eigenvalue weighted by atomic mass is 10.1. The van der Waals surface area contributed by atoms with Crippen molar-refractivity contribution in [2.24, 2.45) is 0 Å². The van der Waals surface area contributed by atoms with E-state index in [-0.39, 0.29) is 11.6 Å². The number of hydrogen-bond acceptors (Lipinski definition) is 3. The highest BCUT2D eigenvalue weighted by Gasteiger charge is 2.10. The third-order valence-electron chi connectivity index (χ3n) is 1.93. The Morgan fingerprint density at radius 2 is 2.13 bits per heavy atom. The van der Waals surface area contributed by atoms with E-state index in [1.54, 1.807) is 7.05 Å². The number of hydrogen-bond donors (Lipinski definition) is 1. The van der Waals surface area contributed by atoms with Gasteiger partial charge in [-0.2, -0.15) is 4.98 Å². The number of nitrogens with zero attached hydrogens (tertiary/aromatic N) is 1. The van der Waals surface area contributed by atoms with Crippen molar-refractivity contribution < 1.29 is 13.2 Å². The van der Waals surface area contributed by atoms with Crippen molar-refractivity contribution in [2.75, 3.05) is 12.4 Å². The summed E-state index contributed by atoms with van der Waals surface area (Å²) in [5.74, 6) is -1.28. The topological polar surface area (TPSA) is 38.1 Å². The lowest BCUT2D eigenvalue weighted by molar-refractivity contribution is 0.574. The average Bonchev–Trinajstić information content (AvgIpc) is 2.66. The fourth-order valence-electron chi connectivity index (χ4n) is 1.21. The van der Waals surface area contributed by atoms with Gasteiger partial charge in [-0.05, 0) is 12.1 Å². The number of anilines is 1. The first-order chi connectivity index (χ1) is 7.20. The summed E-state index contributed by atoms with van der Waals surface area (Å²) in [7, 11) is 1.64. The minimum Gasteiger partial charge on any atom is -0.432 e. The van der Waals surface area contributed by atoms with Gasteiger partial charge in [-0.1, -0.05) is 0 Å². The normalized spacial score (nSPS) is 10.3. The van der Waals surface area contributed by atoms with Crippen LogP contribution in [0.3, 0.4) is 0 Å². The summed E-state index contributed by atoms with van der Waals surface area (Å²) < 4.78 is 30.9. The number of halogens is 2. The van der Waals surface area contributed by atoms with Crippen LogP contribution in [0.2, 0.25) is 0 Å². The van der Waals surface area contributed by atoms with E-state index < -0.39 is 11.6 Å². The van der Waals surface area contributed by atoms with E-state index in [2.05, 4.69) is 10.3 Å². The maximum atomic E-state index is 13.3. The first-order valence-corrected chi connectivity index (χ1v) is 4.29. The Hall–Kier alpha value is -1.91. The van der Waals surface area contributed by atoms with E-state index in [9.17, 15) is 8.78 Å². The molecule has 1 aromatic carbocycles. The highest BCUT2D eigenvalue weighted by atomic mass is 19.1. The molecule has 0 unspecified atom stereocenters. The highest BCUT2D eigenvalue weighted by Crippen LogP contribution is 2.23. The van der Waals surface area contributed by atoms with E-state index in [1.165, 1.54) is 18.4 Å². The Morgan fingerprint density at radius 1 is 1.33 bits per heavy atom. The third-order valence-corrected chi connectivity index (χ3v) is 1.93. The minimum absolute atomic E-state index is 0.210. The average molecular weight is 210 g/mol. The molecule has 3 nitrogen and oxygen atoms in total. The van der Waals surface area contributed by atoms with Gasteiger partial charge in [-0.15, -0.1) is 0 Å². The fraction of sp³-hybridized carbons (Fsp3) is 0.100. The maximum absolute atomic E-state index is 13.3. The molecule has 2 aromatic rings. The SMILES string of the molecule is CNc1nc(-c2ccc(F)cc2F)co1. The van der Waals surface area contributed by atoms with Crippen molar-refractivity contribution in [3.8, 4) is 11.3 Å². The quantitative estimate of drug-likeness (QED) is 0.828. The first kappa shape index (κ1) is 9.64. The molecule has 0 amide bonds. The summed E-state index contributed by atoms with van der Waals surface area (Å²) in [6.45, 7) is 0. The van der Waals surface area contributed by atoms with Gasteiger partial charge in [0.2, 0.25) is 0 Å². The molecule has 1 N–H and O–H groups in total. The molecule has 1 heterocycles. The zero-order chi connectivity index (χ0) is 10.8. The van der Waals surface area contributed by atoms with Crippen molar-refractivity contribution in [3.05, 3.63) is 36.1 Å². The molecule has 15 heavy (non-hydrogen) atoms. The third kappa shape index (κ3) is 1.81. The molecule has 0 aliphatic heterocycles. The lowest BCUT2D eigenvalue weighted by Gasteiger charge is -1.97. The molecule has 0 atom stereocenters. The van der Waals surface area contributed by atoms with Crippen molar-refractivity contribution in [2.45, 2.75) is 0 Å². The first-order valence-electron chi connectivity index (χ1n) is 4.29. The number of oxazole rings is 1. The van der Waals surface area contributed by atoms with Crippen LogP contribution in [0.5, 0.6) is 0 Å². The largest absolute Gasteiger partial charge is 0.432 e. The summed E-state index contributed by atoms with van der Waals surface area (Å²) in [6, 6.07) is 3.59. The zero-order valence-corrected chi connectivity index (χ0v) is 7.92. The second-order valence-electron chi connectivity index (χ2n) is 2.91. The zero-order valence-electron chi connectivity index (χ0n) is 7.92. The molecule has 5 heteroatoms. The van der Waals surface area contributed by atoms with Crippen LogP contribution in [0.15, 0.2) is 28.9 Å². The molecule has 0 radical (unpaired) electrons. The minimum atomic E-state index is -0.661. The summed E-state index contributed by atoms with van der Waals surface area (Å²) in [4.78, 5) is 3.95. The van der Waals surface area contributed by atoms with Crippen LogP contribution in [0.4, 0.5) is 14.8 Å². The second kappa shape index (κ2) is 3.68. The van der Waals surface area contributed by atoms with Crippen LogP contribution in [0, 0.1) is 11.6 Å². The summed E-state index contributed by atoms with van der Waals surface area (Å²) in [5.41, 5.74) is 0.540. The van der Waals surface area contributed by atoms with Gasteiger partial charge in [0.1, 0.15) is 23.6 Å². The van der Waals surface area contributed by atoms with Gasteiger partial charge in [-0.25, -0.2) is 8.78 Å². The molecular weight excluding hydrogens is 202 g/mol. The van der Waals surface area contributed by atoms with Crippen molar-refractivity contribution in [3.63, 3.8) is 0 Å². The van der Waals surface area contributed by atoms with Crippen LogP contribution >= 0.6 is 0 Å². The monoisotopic (exact) mass is 210 g/mol. The molecule has 0 bridgehead atoms. The van der Waals surface area contributed by atoms with Crippen molar-refractivity contribution in [1.29, 1.82) is 0 Å². The Labute approximate surface area is 84.7 Å². The van der Waals surface area contributed by atoms with E-state index in [0.29, 0.717) is 5.69 Å². The van der Waals surface area contributed by atoms with Crippen LogP contribution in [0.1, 0.15) is 0 Å². The molecule has 0 aliphatic rings. The Bertz CT molecular complexity index is 482. The molecule has 2 rings (SSSR count). The predicted molar refractivity (Wildman–Crippen MR) is 51.4 cm³/mol. The number of rotatable bonds is 2. The summed E-state index contributed by atoms with van der Waals surface area (Å²) >= 11 is 0. The molecule has 1 aromatic heterocycles. The van der Waals surface area contributed by atoms with Gasteiger partial charge < -0.3 is 9.73 Å². The molecule has 0 aliphatic carbocycles. The van der Waals surface area contributed by atoms with Crippen molar-refractivity contribution >= 4 is 6.01 Å². The summed E-state index contributed by atoms with van der Waals surface area (Å²) in [6.07, 6.45) is 1.31. The Morgan fingerprint density at radius 3 is 2.73 bits per heavy atom. The van der Waals surface area contributed by atoms with E-state index in [0.717, 1.165) is 6.07 Å². The standard InChI is InChI=1S/C10H8F2N2O/c1-13-10-14-9(5-15-10)7-3-2-6(11)4-8(7)12/h2-5H,1H3,(H,13,14). The van der Waals surface area contributed by atoms with Gasteiger partial charge in [0.25, 0.3) is 6.01 Å². The maximum Gasteiger partial charge on any atom is 0.294 e. The van der Waals surface area contributed by atoms with Gasteiger partial charge in [0.15, 0.2) is 0 Å². The number of aromatic nitrogens is 1. The van der Waals surface area contributed by atoms with Crippen LogP contribution in [-0.4, -0.2) is 12.0 Å². The van der Waals surface area contributed by atoms with Gasteiger partial charge >= 0.3 is 0 Å². The lowest BCUT2D eigenvalue weighted by Crippen LogP contribution is -1.89.